The smallest absolute Gasteiger partial charge is 0.278 e. The van der Waals surface area contributed by atoms with Gasteiger partial charge in [0.15, 0.2) is 17.0 Å². The number of nitrogens with zero attached hydrogens (tertiary/aromatic N) is 3. The average Bonchev–Trinajstić information content (AvgIpc) is 3.23. The molecule has 1 aliphatic heterocycles. The van der Waals surface area contributed by atoms with Gasteiger partial charge in [-0.15, -0.1) is 0 Å². The first kappa shape index (κ1) is 20.5. The zero-order chi connectivity index (χ0) is 21.1. The van der Waals surface area contributed by atoms with Crippen molar-refractivity contribution in [2.45, 2.75) is 39.3 Å². The first-order valence-corrected chi connectivity index (χ1v) is 10.6. The highest BCUT2D eigenvalue weighted by Gasteiger charge is 2.22. The van der Waals surface area contributed by atoms with Crippen molar-refractivity contribution in [1.82, 2.24) is 19.4 Å². The zero-order valence-corrected chi connectivity index (χ0v) is 17.9. The van der Waals surface area contributed by atoms with Crippen molar-refractivity contribution in [3.8, 4) is 11.5 Å². The standard InChI is InChI=1S/C23H30N4O3/c1-16(2)14-30-21-12-17(4-5-20(21)29-3)13-26-9-6-18(7-10-26)27-11-8-19-22(23(27)28)25-15-24-19/h4-5,8,11-12,15-16,18H,6-7,9-10,13-14H2,1-3H3,(H,24,25). The van der Waals surface area contributed by atoms with Gasteiger partial charge in [-0.05, 0) is 42.5 Å². The molecule has 0 bridgehead atoms. The second-order valence-corrected chi connectivity index (χ2v) is 8.39. The van der Waals surface area contributed by atoms with E-state index in [0.717, 1.165) is 49.5 Å². The van der Waals surface area contributed by atoms with E-state index in [-0.39, 0.29) is 11.6 Å². The van der Waals surface area contributed by atoms with Crippen LogP contribution < -0.4 is 15.0 Å². The van der Waals surface area contributed by atoms with Gasteiger partial charge in [0.1, 0.15) is 0 Å². The molecule has 1 aromatic carbocycles. The van der Waals surface area contributed by atoms with Crippen molar-refractivity contribution in [2.24, 2.45) is 5.92 Å². The minimum absolute atomic E-state index is 0.00528. The van der Waals surface area contributed by atoms with Crippen molar-refractivity contribution in [2.75, 3.05) is 26.8 Å². The van der Waals surface area contributed by atoms with Gasteiger partial charge in [-0.3, -0.25) is 9.69 Å². The number of imidazole rings is 1. The van der Waals surface area contributed by atoms with E-state index in [4.69, 9.17) is 9.47 Å². The van der Waals surface area contributed by atoms with Crippen LogP contribution >= 0.6 is 0 Å². The molecule has 160 valence electrons. The molecule has 1 saturated heterocycles. The Bertz CT molecular complexity index is 1050. The monoisotopic (exact) mass is 410 g/mol. The number of likely N-dealkylation sites (tertiary alicyclic amines) is 1. The number of aromatic amines is 1. The Morgan fingerprint density at radius 1 is 1.20 bits per heavy atom. The molecule has 3 aromatic rings. The third kappa shape index (κ3) is 4.36. The maximum absolute atomic E-state index is 12.7. The number of benzene rings is 1. The quantitative estimate of drug-likeness (QED) is 0.644. The summed E-state index contributed by atoms with van der Waals surface area (Å²) < 4.78 is 13.2. The number of hydrogen-bond donors (Lipinski definition) is 1. The normalized spacial score (nSPS) is 15.7. The summed E-state index contributed by atoms with van der Waals surface area (Å²) in [5.74, 6) is 2.03. The maximum atomic E-state index is 12.7. The number of pyridine rings is 1. The van der Waals surface area contributed by atoms with Gasteiger partial charge in [-0.25, -0.2) is 4.98 Å². The lowest BCUT2D eigenvalue weighted by atomic mass is 10.0. The van der Waals surface area contributed by atoms with Crippen LogP contribution in [0.5, 0.6) is 11.5 Å². The van der Waals surface area contributed by atoms with E-state index in [2.05, 4.69) is 40.8 Å². The van der Waals surface area contributed by atoms with E-state index in [1.807, 2.05) is 22.9 Å². The highest BCUT2D eigenvalue weighted by Crippen LogP contribution is 2.30. The molecule has 0 aliphatic carbocycles. The van der Waals surface area contributed by atoms with Gasteiger partial charge in [0.2, 0.25) is 0 Å². The highest BCUT2D eigenvalue weighted by molar-refractivity contribution is 5.72. The molecule has 2 aromatic heterocycles. The summed E-state index contributed by atoms with van der Waals surface area (Å²) in [6.07, 6.45) is 5.36. The van der Waals surface area contributed by atoms with E-state index in [1.54, 1.807) is 13.4 Å². The Kier molecular flexibility index (Phi) is 6.08. The Morgan fingerprint density at radius 2 is 2.00 bits per heavy atom. The van der Waals surface area contributed by atoms with Crippen LogP contribution in [0.25, 0.3) is 11.0 Å². The molecule has 30 heavy (non-hydrogen) atoms. The van der Waals surface area contributed by atoms with Crippen LogP contribution in [0.4, 0.5) is 0 Å². The summed E-state index contributed by atoms with van der Waals surface area (Å²) in [6, 6.07) is 8.32. The van der Waals surface area contributed by atoms with Gasteiger partial charge in [-0.1, -0.05) is 19.9 Å². The molecule has 7 heteroatoms. The molecular weight excluding hydrogens is 380 g/mol. The lowest BCUT2D eigenvalue weighted by Crippen LogP contribution is -2.37. The molecule has 1 aliphatic rings. The summed E-state index contributed by atoms with van der Waals surface area (Å²) in [7, 11) is 1.67. The molecule has 7 nitrogen and oxygen atoms in total. The summed E-state index contributed by atoms with van der Waals surface area (Å²) >= 11 is 0. The van der Waals surface area contributed by atoms with Gasteiger partial charge < -0.3 is 19.0 Å². The lowest BCUT2D eigenvalue weighted by Gasteiger charge is -2.33. The Morgan fingerprint density at radius 3 is 2.73 bits per heavy atom. The van der Waals surface area contributed by atoms with E-state index in [1.165, 1.54) is 5.56 Å². The second kappa shape index (κ2) is 8.92. The number of piperidine rings is 1. The van der Waals surface area contributed by atoms with E-state index in [9.17, 15) is 4.79 Å². The van der Waals surface area contributed by atoms with Gasteiger partial charge in [-0.2, -0.15) is 0 Å². The first-order chi connectivity index (χ1) is 14.5. The maximum Gasteiger partial charge on any atom is 0.278 e. The SMILES string of the molecule is COc1ccc(CN2CCC(n3ccc4[nH]cnc4c3=O)CC2)cc1OCC(C)C. The molecular formula is C23H30N4O3. The van der Waals surface area contributed by atoms with Crippen molar-refractivity contribution >= 4 is 11.0 Å². The minimum Gasteiger partial charge on any atom is -0.493 e. The molecule has 0 atom stereocenters. The predicted octanol–water partition coefficient (Wildman–Crippen LogP) is 3.61. The topological polar surface area (TPSA) is 72.4 Å². The van der Waals surface area contributed by atoms with Crippen molar-refractivity contribution in [3.05, 3.63) is 52.7 Å². The van der Waals surface area contributed by atoms with Crippen LogP contribution in [0.1, 0.15) is 38.3 Å². The zero-order valence-electron chi connectivity index (χ0n) is 17.9. The lowest BCUT2D eigenvalue weighted by molar-refractivity contribution is 0.177. The van der Waals surface area contributed by atoms with Crippen LogP contribution in [0, 0.1) is 5.92 Å². The number of rotatable bonds is 7. The van der Waals surface area contributed by atoms with E-state index in [0.29, 0.717) is 18.0 Å². The van der Waals surface area contributed by atoms with Crippen LogP contribution in [-0.2, 0) is 6.54 Å². The summed E-state index contributed by atoms with van der Waals surface area (Å²) in [5, 5.41) is 0. The highest BCUT2D eigenvalue weighted by atomic mass is 16.5. The predicted molar refractivity (Wildman–Crippen MR) is 117 cm³/mol. The van der Waals surface area contributed by atoms with Crippen LogP contribution in [0.2, 0.25) is 0 Å². The van der Waals surface area contributed by atoms with Crippen molar-refractivity contribution < 1.29 is 9.47 Å². The minimum atomic E-state index is -0.00528. The largest absolute Gasteiger partial charge is 0.493 e. The third-order valence-corrected chi connectivity index (χ3v) is 5.66. The average molecular weight is 411 g/mol. The summed E-state index contributed by atoms with van der Waals surface area (Å²) in [6.45, 7) is 7.70. The summed E-state index contributed by atoms with van der Waals surface area (Å²) in [4.78, 5) is 22.3. The molecule has 0 radical (unpaired) electrons. The van der Waals surface area contributed by atoms with E-state index < -0.39 is 0 Å². The summed E-state index contributed by atoms with van der Waals surface area (Å²) in [5.41, 5.74) is 2.52. The number of fused-ring (bicyclic) bond motifs is 1. The molecule has 0 unspecified atom stereocenters. The number of methoxy groups -OCH3 is 1. The van der Waals surface area contributed by atoms with Gasteiger partial charge in [0.25, 0.3) is 5.56 Å². The fourth-order valence-electron chi connectivity index (χ4n) is 4.04. The number of H-pyrrole nitrogens is 1. The molecule has 0 amide bonds. The van der Waals surface area contributed by atoms with Gasteiger partial charge >= 0.3 is 0 Å². The Balaban J connectivity index is 1.40. The number of hydrogen-bond acceptors (Lipinski definition) is 5. The van der Waals surface area contributed by atoms with E-state index >= 15 is 0 Å². The number of ether oxygens (including phenoxy) is 2. The molecule has 1 N–H and O–H groups in total. The third-order valence-electron chi connectivity index (χ3n) is 5.66. The fraction of sp³-hybridized carbons (Fsp3) is 0.478. The second-order valence-electron chi connectivity index (χ2n) is 8.39. The Hall–Kier alpha value is -2.80. The van der Waals surface area contributed by atoms with Crippen molar-refractivity contribution in [1.29, 1.82) is 0 Å². The van der Waals surface area contributed by atoms with Gasteiger partial charge in [0.05, 0.1) is 25.6 Å². The molecule has 1 fully saturated rings. The molecule has 0 saturated carbocycles. The van der Waals surface area contributed by atoms with Crippen LogP contribution in [0.3, 0.4) is 0 Å². The number of nitrogens with one attached hydrogen (secondary N) is 1. The van der Waals surface area contributed by atoms with Crippen LogP contribution in [0.15, 0.2) is 41.6 Å². The van der Waals surface area contributed by atoms with Crippen LogP contribution in [-0.4, -0.2) is 46.2 Å². The fourth-order valence-corrected chi connectivity index (χ4v) is 4.04. The molecule has 3 heterocycles. The number of aromatic nitrogens is 3. The first-order valence-electron chi connectivity index (χ1n) is 10.6. The van der Waals surface area contributed by atoms with Crippen molar-refractivity contribution in [3.63, 3.8) is 0 Å². The van der Waals surface area contributed by atoms with Gasteiger partial charge in [0, 0.05) is 31.9 Å². The molecule has 4 rings (SSSR count). The Labute approximate surface area is 176 Å². The molecule has 0 spiro atoms.